The molecule has 1 amide bonds. The molecule has 0 aliphatic heterocycles. The van der Waals surface area contributed by atoms with E-state index in [9.17, 15) is 4.79 Å². The first-order valence-electron chi connectivity index (χ1n) is 6.41. The molecule has 0 saturated heterocycles. The molecule has 0 bridgehead atoms. The maximum absolute atomic E-state index is 12.3. The lowest BCUT2D eigenvalue weighted by Gasteiger charge is -2.04. The van der Waals surface area contributed by atoms with Crippen molar-refractivity contribution in [2.75, 3.05) is 0 Å². The highest BCUT2D eigenvalue weighted by Crippen LogP contribution is 2.22. The van der Waals surface area contributed by atoms with Gasteiger partial charge in [-0.1, -0.05) is 36.4 Å². The highest BCUT2D eigenvalue weighted by Gasteiger charge is 2.08. The van der Waals surface area contributed by atoms with E-state index in [1.54, 1.807) is 12.1 Å². The highest BCUT2D eigenvalue weighted by atomic mass is 127. The smallest absolute Gasteiger partial charge is 0.271 e. The van der Waals surface area contributed by atoms with Gasteiger partial charge in [0.1, 0.15) is 5.76 Å². The predicted octanol–water partition coefficient (Wildman–Crippen LogP) is 4.56. The van der Waals surface area contributed by atoms with Gasteiger partial charge >= 0.3 is 0 Å². The molecule has 0 aliphatic rings. The van der Waals surface area contributed by atoms with Crippen LogP contribution in [0.3, 0.4) is 0 Å². The van der Waals surface area contributed by atoms with Crippen LogP contribution in [0.15, 0.2) is 62.5 Å². The molecule has 1 heterocycles. The molecule has 22 heavy (non-hydrogen) atoms. The maximum atomic E-state index is 12.3. The Hall–Kier alpha value is -1.67. The minimum atomic E-state index is -0.256. The van der Waals surface area contributed by atoms with Crippen LogP contribution in [0.25, 0.3) is 10.8 Å². The molecule has 0 fully saturated rings. The molecule has 3 rings (SSSR count). The SMILES string of the molecule is O=C(N/N=C\c1cc(Br)c(I)o1)c1cccc2ccccc12. The van der Waals surface area contributed by atoms with Gasteiger partial charge in [0.15, 0.2) is 3.77 Å². The molecule has 6 heteroatoms. The van der Waals surface area contributed by atoms with Gasteiger partial charge in [-0.25, -0.2) is 5.43 Å². The third-order valence-corrected chi connectivity index (χ3v) is 5.19. The minimum Gasteiger partial charge on any atom is -0.448 e. The Balaban J connectivity index is 1.79. The van der Waals surface area contributed by atoms with Gasteiger partial charge in [-0.2, -0.15) is 5.10 Å². The first-order chi connectivity index (χ1) is 10.6. The third kappa shape index (κ3) is 3.22. The van der Waals surface area contributed by atoms with Crippen molar-refractivity contribution in [1.29, 1.82) is 0 Å². The normalized spacial score (nSPS) is 11.2. The van der Waals surface area contributed by atoms with E-state index in [-0.39, 0.29) is 5.91 Å². The predicted molar refractivity (Wildman–Crippen MR) is 98.1 cm³/mol. The van der Waals surface area contributed by atoms with Gasteiger partial charge in [0.2, 0.25) is 0 Å². The molecule has 110 valence electrons. The van der Waals surface area contributed by atoms with Gasteiger partial charge in [-0.15, -0.1) is 0 Å². The lowest BCUT2D eigenvalue weighted by Crippen LogP contribution is -2.17. The van der Waals surface area contributed by atoms with Crippen LogP contribution in [0.4, 0.5) is 0 Å². The van der Waals surface area contributed by atoms with Crippen LogP contribution in [0, 0.1) is 3.77 Å². The number of hydrogen-bond acceptors (Lipinski definition) is 3. The summed E-state index contributed by atoms with van der Waals surface area (Å²) in [6.07, 6.45) is 1.47. The molecule has 0 saturated carbocycles. The molecule has 0 spiro atoms. The number of furan rings is 1. The molecule has 0 unspecified atom stereocenters. The number of nitrogens with zero attached hydrogens (tertiary/aromatic N) is 1. The van der Waals surface area contributed by atoms with Crippen molar-refractivity contribution in [2.24, 2.45) is 5.10 Å². The van der Waals surface area contributed by atoms with E-state index < -0.39 is 0 Å². The monoisotopic (exact) mass is 468 g/mol. The van der Waals surface area contributed by atoms with Crippen LogP contribution in [-0.4, -0.2) is 12.1 Å². The van der Waals surface area contributed by atoms with Crippen LogP contribution in [-0.2, 0) is 0 Å². The third-order valence-electron chi connectivity index (χ3n) is 3.06. The van der Waals surface area contributed by atoms with Crippen LogP contribution in [0.2, 0.25) is 0 Å². The fourth-order valence-electron chi connectivity index (χ4n) is 2.07. The molecule has 2 aromatic carbocycles. The summed E-state index contributed by atoms with van der Waals surface area (Å²) in [7, 11) is 0. The number of carbonyl (C=O) groups excluding carboxylic acids is 1. The number of benzene rings is 2. The van der Waals surface area contributed by atoms with Gasteiger partial charge in [0.25, 0.3) is 5.91 Å². The van der Waals surface area contributed by atoms with Crippen molar-refractivity contribution < 1.29 is 9.21 Å². The molecule has 0 radical (unpaired) electrons. The Labute approximate surface area is 148 Å². The van der Waals surface area contributed by atoms with E-state index in [0.29, 0.717) is 11.3 Å². The Morgan fingerprint density at radius 3 is 2.77 bits per heavy atom. The summed E-state index contributed by atoms with van der Waals surface area (Å²) < 4.78 is 7.00. The molecular formula is C16H10BrIN2O2. The van der Waals surface area contributed by atoms with Crippen molar-refractivity contribution in [3.05, 3.63) is 68.1 Å². The average Bonchev–Trinajstić information content (AvgIpc) is 2.85. The van der Waals surface area contributed by atoms with Gasteiger partial charge in [0, 0.05) is 34.2 Å². The number of nitrogens with one attached hydrogen (secondary N) is 1. The van der Waals surface area contributed by atoms with Crippen LogP contribution >= 0.6 is 38.5 Å². The summed E-state index contributed by atoms with van der Waals surface area (Å²) >= 11 is 5.42. The second kappa shape index (κ2) is 6.62. The molecule has 0 aliphatic carbocycles. The zero-order valence-electron chi connectivity index (χ0n) is 11.2. The number of fused-ring (bicyclic) bond motifs is 1. The van der Waals surface area contributed by atoms with Crippen molar-refractivity contribution >= 4 is 61.4 Å². The van der Waals surface area contributed by atoms with E-state index in [1.165, 1.54) is 6.21 Å². The Morgan fingerprint density at radius 1 is 1.23 bits per heavy atom. The summed E-state index contributed by atoms with van der Waals surface area (Å²) in [5.41, 5.74) is 3.11. The van der Waals surface area contributed by atoms with Crippen molar-refractivity contribution in [3.8, 4) is 0 Å². The molecule has 0 atom stereocenters. The van der Waals surface area contributed by atoms with E-state index in [2.05, 4.69) is 49.0 Å². The van der Waals surface area contributed by atoms with E-state index in [0.717, 1.165) is 19.0 Å². The van der Waals surface area contributed by atoms with Gasteiger partial charge in [0.05, 0.1) is 10.7 Å². The van der Waals surface area contributed by atoms with Crippen molar-refractivity contribution in [2.45, 2.75) is 0 Å². The van der Waals surface area contributed by atoms with Crippen molar-refractivity contribution in [1.82, 2.24) is 5.43 Å². The maximum Gasteiger partial charge on any atom is 0.271 e. The number of halogens is 2. The molecule has 4 nitrogen and oxygen atoms in total. The highest BCUT2D eigenvalue weighted by molar-refractivity contribution is 14.1. The topological polar surface area (TPSA) is 54.6 Å². The molecule has 3 aromatic rings. The van der Waals surface area contributed by atoms with Crippen LogP contribution < -0.4 is 5.43 Å². The van der Waals surface area contributed by atoms with E-state index >= 15 is 0 Å². The zero-order chi connectivity index (χ0) is 15.5. The summed E-state index contributed by atoms with van der Waals surface area (Å²) in [6, 6.07) is 15.1. The standard InChI is InChI=1S/C16H10BrIN2O2/c17-14-8-11(22-15(14)18)9-19-20-16(21)13-7-3-5-10-4-1-2-6-12(10)13/h1-9H,(H,20,21)/b19-9-. The second-order valence-corrected chi connectivity index (χ2v) is 6.33. The number of amides is 1. The summed E-state index contributed by atoms with van der Waals surface area (Å²) in [5.74, 6) is 0.308. The van der Waals surface area contributed by atoms with Crippen LogP contribution in [0.5, 0.6) is 0 Å². The van der Waals surface area contributed by atoms with Gasteiger partial charge < -0.3 is 4.42 Å². The fourth-order valence-corrected chi connectivity index (χ4v) is 2.78. The Bertz CT molecular complexity index is 849. The largest absolute Gasteiger partial charge is 0.448 e. The number of hydrogen-bond donors (Lipinski definition) is 1. The van der Waals surface area contributed by atoms with Gasteiger partial charge in [-0.05, 0) is 32.8 Å². The molecule has 1 N–H and O–H groups in total. The zero-order valence-corrected chi connectivity index (χ0v) is 15.0. The minimum absolute atomic E-state index is 0.256. The van der Waals surface area contributed by atoms with Crippen molar-refractivity contribution in [3.63, 3.8) is 0 Å². The summed E-state index contributed by atoms with van der Waals surface area (Å²) in [4.78, 5) is 12.3. The van der Waals surface area contributed by atoms with E-state index in [1.807, 2.05) is 36.4 Å². The quantitative estimate of drug-likeness (QED) is 0.348. The van der Waals surface area contributed by atoms with Gasteiger partial charge in [-0.3, -0.25) is 4.79 Å². The first-order valence-corrected chi connectivity index (χ1v) is 8.28. The fraction of sp³-hybridized carbons (Fsp3) is 0. The molecule has 1 aromatic heterocycles. The lowest BCUT2D eigenvalue weighted by molar-refractivity contribution is 0.0957. The second-order valence-electron chi connectivity index (χ2n) is 4.50. The van der Waals surface area contributed by atoms with E-state index in [4.69, 9.17) is 4.42 Å². The van der Waals surface area contributed by atoms with Crippen LogP contribution in [0.1, 0.15) is 16.1 Å². The summed E-state index contributed by atoms with van der Waals surface area (Å²) in [6.45, 7) is 0. The molecular weight excluding hydrogens is 459 g/mol. The number of carbonyl (C=O) groups is 1. The first kappa shape index (κ1) is 15.2. The average molecular weight is 469 g/mol. The number of rotatable bonds is 3. The summed E-state index contributed by atoms with van der Waals surface area (Å²) in [5, 5.41) is 5.85. The number of hydrazone groups is 1. The Kier molecular flexibility index (Phi) is 4.58. The lowest BCUT2D eigenvalue weighted by atomic mass is 10.0. The Morgan fingerprint density at radius 2 is 2.00 bits per heavy atom.